The van der Waals surface area contributed by atoms with Crippen molar-refractivity contribution in [2.24, 2.45) is 0 Å². The Morgan fingerprint density at radius 2 is 2.33 bits per heavy atom. The van der Waals surface area contributed by atoms with Gasteiger partial charge in [-0.1, -0.05) is 18.2 Å². The van der Waals surface area contributed by atoms with Crippen LogP contribution >= 0.6 is 0 Å². The zero-order valence-electron chi connectivity index (χ0n) is 8.40. The topological polar surface area (TPSA) is 58.6 Å². The van der Waals surface area contributed by atoms with Crippen molar-refractivity contribution in [1.29, 1.82) is 0 Å². The number of ketones is 1. The van der Waals surface area contributed by atoms with Crippen molar-refractivity contribution >= 4 is 5.78 Å². The zero-order chi connectivity index (χ0) is 10.7. The summed E-state index contributed by atoms with van der Waals surface area (Å²) in [5.41, 5.74) is 2.77. The van der Waals surface area contributed by atoms with Crippen molar-refractivity contribution in [2.45, 2.75) is 13.3 Å². The number of nitrogens with one attached hydrogen (secondary N) is 1. The van der Waals surface area contributed by atoms with E-state index in [1.54, 1.807) is 13.1 Å². The molecule has 2 aromatic rings. The number of carbonyl (C=O) groups excluding carboxylic acids is 1. The number of carbonyl (C=O) groups is 1. The molecule has 0 radical (unpaired) electrons. The number of aromatic amines is 1. The Balaban J connectivity index is 2.31. The molecule has 0 fully saturated rings. The summed E-state index contributed by atoms with van der Waals surface area (Å²) in [6.45, 7) is 1.59. The fourth-order valence-electron chi connectivity index (χ4n) is 1.47. The number of nitrogens with zero attached hydrogens (tertiary/aromatic N) is 2. The lowest BCUT2D eigenvalue weighted by Crippen LogP contribution is -1.96. The van der Waals surface area contributed by atoms with Gasteiger partial charge in [0.1, 0.15) is 11.5 Å². The van der Waals surface area contributed by atoms with Crippen molar-refractivity contribution < 1.29 is 4.79 Å². The number of Topliss-reactive ketones (excluding diaryl/α,β-unsaturated/α-hetero) is 1. The molecule has 0 amide bonds. The molecule has 0 unspecified atom stereocenters. The number of benzene rings is 1. The monoisotopic (exact) mass is 201 g/mol. The first-order valence-electron chi connectivity index (χ1n) is 4.70. The van der Waals surface area contributed by atoms with Crippen LogP contribution in [-0.4, -0.2) is 21.2 Å². The van der Waals surface area contributed by atoms with Gasteiger partial charge in [-0.2, -0.15) is 15.4 Å². The van der Waals surface area contributed by atoms with Crippen LogP contribution in [0.25, 0.3) is 11.3 Å². The van der Waals surface area contributed by atoms with Crippen molar-refractivity contribution in [3.8, 4) is 11.3 Å². The van der Waals surface area contributed by atoms with Gasteiger partial charge in [0, 0.05) is 12.0 Å². The highest BCUT2D eigenvalue weighted by atomic mass is 16.1. The van der Waals surface area contributed by atoms with E-state index in [2.05, 4.69) is 15.4 Å². The standard InChI is InChI=1S/C11H11N3O/c1-8(15)5-9-3-2-4-10(6-9)11-7-12-14-13-11/h2-4,6-7H,5H2,1H3,(H,12,13,14). The maximum atomic E-state index is 11.0. The normalized spacial score (nSPS) is 10.2. The maximum absolute atomic E-state index is 11.0. The Bertz CT molecular complexity index is 462. The van der Waals surface area contributed by atoms with Crippen LogP contribution in [0.2, 0.25) is 0 Å². The molecule has 1 aromatic heterocycles. The molecule has 0 bridgehead atoms. The number of aromatic nitrogens is 3. The summed E-state index contributed by atoms with van der Waals surface area (Å²) in [6, 6.07) is 7.76. The third kappa shape index (κ3) is 2.28. The largest absolute Gasteiger partial charge is 0.300 e. The smallest absolute Gasteiger partial charge is 0.134 e. The highest BCUT2D eigenvalue weighted by molar-refractivity contribution is 5.78. The van der Waals surface area contributed by atoms with Gasteiger partial charge in [-0.25, -0.2) is 0 Å². The molecule has 15 heavy (non-hydrogen) atoms. The van der Waals surface area contributed by atoms with Crippen molar-refractivity contribution in [3.63, 3.8) is 0 Å². The van der Waals surface area contributed by atoms with Crippen molar-refractivity contribution in [3.05, 3.63) is 36.0 Å². The van der Waals surface area contributed by atoms with Gasteiger partial charge in [0.15, 0.2) is 0 Å². The van der Waals surface area contributed by atoms with E-state index in [1.165, 1.54) is 0 Å². The lowest BCUT2D eigenvalue weighted by Gasteiger charge is -2.00. The third-order valence-electron chi connectivity index (χ3n) is 2.09. The molecule has 0 saturated carbocycles. The molecule has 0 atom stereocenters. The Morgan fingerprint density at radius 3 is 3.00 bits per heavy atom. The minimum absolute atomic E-state index is 0.160. The molecule has 0 saturated heterocycles. The third-order valence-corrected chi connectivity index (χ3v) is 2.09. The average molecular weight is 201 g/mol. The minimum Gasteiger partial charge on any atom is -0.300 e. The molecule has 76 valence electrons. The molecule has 2 rings (SSSR count). The molecular weight excluding hydrogens is 190 g/mol. The summed E-state index contributed by atoms with van der Waals surface area (Å²) in [4.78, 5) is 11.0. The molecule has 0 aliphatic carbocycles. The minimum atomic E-state index is 0.160. The Labute approximate surface area is 87.3 Å². The van der Waals surface area contributed by atoms with E-state index >= 15 is 0 Å². The van der Waals surface area contributed by atoms with Crippen LogP contribution in [0.3, 0.4) is 0 Å². The first-order valence-corrected chi connectivity index (χ1v) is 4.70. The second-order valence-electron chi connectivity index (χ2n) is 3.43. The van der Waals surface area contributed by atoms with Crippen molar-refractivity contribution in [2.75, 3.05) is 0 Å². The van der Waals surface area contributed by atoms with Crippen LogP contribution in [0.4, 0.5) is 0 Å². The molecule has 1 N–H and O–H groups in total. The number of hydrogen-bond acceptors (Lipinski definition) is 3. The molecule has 4 nitrogen and oxygen atoms in total. The Hall–Kier alpha value is -1.97. The molecule has 1 aromatic carbocycles. The quantitative estimate of drug-likeness (QED) is 0.820. The van der Waals surface area contributed by atoms with Gasteiger partial charge >= 0.3 is 0 Å². The molecule has 0 aliphatic rings. The number of H-pyrrole nitrogens is 1. The predicted molar refractivity (Wildman–Crippen MR) is 56.2 cm³/mol. The lowest BCUT2D eigenvalue weighted by atomic mass is 10.1. The van der Waals surface area contributed by atoms with Gasteiger partial charge in [-0.3, -0.25) is 4.79 Å². The van der Waals surface area contributed by atoms with Crippen LogP contribution < -0.4 is 0 Å². The Kier molecular flexibility index (Phi) is 2.58. The van der Waals surface area contributed by atoms with Crippen LogP contribution in [0.15, 0.2) is 30.5 Å². The van der Waals surface area contributed by atoms with Gasteiger partial charge in [0.25, 0.3) is 0 Å². The second-order valence-corrected chi connectivity index (χ2v) is 3.43. The summed E-state index contributed by atoms with van der Waals surface area (Å²) in [6.07, 6.45) is 2.12. The summed E-state index contributed by atoms with van der Waals surface area (Å²) in [5, 5.41) is 10.3. The highest BCUT2D eigenvalue weighted by Crippen LogP contribution is 2.16. The maximum Gasteiger partial charge on any atom is 0.134 e. The van der Waals surface area contributed by atoms with Crippen LogP contribution in [0.5, 0.6) is 0 Å². The van der Waals surface area contributed by atoms with E-state index in [4.69, 9.17) is 0 Å². The lowest BCUT2D eigenvalue weighted by molar-refractivity contribution is -0.116. The summed E-state index contributed by atoms with van der Waals surface area (Å²) in [5.74, 6) is 0.160. The van der Waals surface area contributed by atoms with Crippen LogP contribution in [0.1, 0.15) is 12.5 Å². The molecule has 0 spiro atoms. The van der Waals surface area contributed by atoms with E-state index in [1.807, 2.05) is 24.3 Å². The zero-order valence-corrected chi connectivity index (χ0v) is 8.40. The van der Waals surface area contributed by atoms with Gasteiger partial charge in [-0.05, 0) is 18.6 Å². The van der Waals surface area contributed by atoms with Gasteiger partial charge < -0.3 is 0 Å². The van der Waals surface area contributed by atoms with E-state index in [0.29, 0.717) is 6.42 Å². The average Bonchev–Trinajstić information content (AvgIpc) is 2.69. The summed E-state index contributed by atoms with van der Waals surface area (Å²) < 4.78 is 0. The molecule has 1 heterocycles. The van der Waals surface area contributed by atoms with E-state index in [0.717, 1.165) is 16.8 Å². The fraction of sp³-hybridized carbons (Fsp3) is 0.182. The summed E-state index contributed by atoms with van der Waals surface area (Å²) >= 11 is 0. The van der Waals surface area contributed by atoms with E-state index in [9.17, 15) is 4.79 Å². The summed E-state index contributed by atoms with van der Waals surface area (Å²) in [7, 11) is 0. The molecular formula is C11H11N3O. The SMILES string of the molecule is CC(=O)Cc1cccc(-c2cn[nH]n2)c1. The van der Waals surface area contributed by atoms with Crippen LogP contribution in [-0.2, 0) is 11.2 Å². The molecule has 4 heteroatoms. The van der Waals surface area contributed by atoms with Gasteiger partial charge in [-0.15, -0.1) is 0 Å². The first-order chi connectivity index (χ1) is 7.25. The van der Waals surface area contributed by atoms with Gasteiger partial charge in [0.05, 0.1) is 6.20 Å². The first kappa shape index (κ1) is 9.58. The fourth-order valence-corrected chi connectivity index (χ4v) is 1.47. The van der Waals surface area contributed by atoms with Crippen LogP contribution in [0, 0.1) is 0 Å². The number of hydrogen-bond donors (Lipinski definition) is 1. The van der Waals surface area contributed by atoms with Gasteiger partial charge in [0.2, 0.25) is 0 Å². The van der Waals surface area contributed by atoms with E-state index in [-0.39, 0.29) is 5.78 Å². The van der Waals surface area contributed by atoms with E-state index < -0.39 is 0 Å². The number of rotatable bonds is 3. The van der Waals surface area contributed by atoms with Crippen molar-refractivity contribution in [1.82, 2.24) is 15.4 Å². The Morgan fingerprint density at radius 1 is 1.47 bits per heavy atom. The molecule has 0 aliphatic heterocycles. The highest BCUT2D eigenvalue weighted by Gasteiger charge is 2.03. The second kappa shape index (κ2) is 4.04. The predicted octanol–water partition coefficient (Wildman–Crippen LogP) is 1.60.